The summed E-state index contributed by atoms with van der Waals surface area (Å²) in [6.45, 7) is 7.78. The van der Waals surface area contributed by atoms with Crippen LogP contribution in [0.4, 0.5) is 5.69 Å². The van der Waals surface area contributed by atoms with Crippen LogP contribution < -0.4 is 19.7 Å². The second kappa shape index (κ2) is 11.3. The van der Waals surface area contributed by atoms with Gasteiger partial charge in [-0.05, 0) is 49.2 Å². The molecule has 0 bridgehead atoms. The molecule has 2 aromatic rings. The van der Waals surface area contributed by atoms with Crippen molar-refractivity contribution in [3.63, 3.8) is 0 Å². The van der Waals surface area contributed by atoms with E-state index in [9.17, 15) is 14.4 Å². The van der Waals surface area contributed by atoms with Crippen molar-refractivity contribution in [1.29, 1.82) is 0 Å². The fraction of sp³-hybridized carbons (Fsp3) is 0.423. The summed E-state index contributed by atoms with van der Waals surface area (Å²) in [4.78, 5) is 41.6. The molecule has 2 aromatic carbocycles. The van der Waals surface area contributed by atoms with Crippen LogP contribution in [0.5, 0.6) is 11.5 Å². The summed E-state index contributed by atoms with van der Waals surface area (Å²) < 4.78 is 16.6. The molecule has 2 aliphatic rings. The second-order valence-corrected chi connectivity index (χ2v) is 8.66. The number of amides is 2. The molecule has 0 spiro atoms. The van der Waals surface area contributed by atoms with E-state index in [1.807, 2.05) is 32.0 Å². The number of nitrogens with one attached hydrogen (secondary N) is 1. The lowest BCUT2D eigenvalue weighted by Crippen LogP contribution is -2.47. The molecule has 2 aliphatic heterocycles. The van der Waals surface area contributed by atoms with Crippen molar-refractivity contribution in [1.82, 2.24) is 10.2 Å². The van der Waals surface area contributed by atoms with E-state index >= 15 is 0 Å². The van der Waals surface area contributed by atoms with Gasteiger partial charge in [0.05, 0.1) is 18.9 Å². The zero-order chi connectivity index (χ0) is 24.8. The van der Waals surface area contributed by atoms with Gasteiger partial charge in [-0.15, -0.1) is 0 Å². The van der Waals surface area contributed by atoms with Crippen molar-refractivity contribution >= 4 is 23.3 Å². The summed E-state index contributed by atoms with van der Waals surface area (Å²) in [6.07, 6.45) is 0. The first kappa shape index (κ1) is 24.7. The molecule has 1 saturated heterocycles. The minimum atomic E-state index is -0.336. The number of rotatable bonds is 9. The van der Waals surface area contributed by atoms with Gasteiger partial charge in [0.25, 0.3) is 5.91 Å². The average Bonchev–Trinajstić information content (AvgIpc) is 2.87. The third-order valence-electron chi connectivity index (χ3n) is 6.29. The molecule has 35 heavy (non-hydrogen) atoms. The number of fused-ring (bicyclic) bond motifs is 1. The van der Waals surface area contributed by atoms with Gasteiger partial charge in [-0.3, -0.25) is 24.2 Å². The highest BCUT2D eigenvalue weighted by Crippen LogP contribution is 2.33. The standard InChI is InChI=1S/C26H31N3O6/c1-18-4-3-5-23(19(18)2)34-16-22(30)20-6-7-24-21(14-20)29(26(32)17-35-24)15-25(31)27-8-9-28-10-12-33-13-11-28/h3-7,14H,8-13,15-17H2,1-2H3,(H,27,31). The Labute approximate surface area is 204 Å². The molecule has 2 amide bonds. The van der Waals surface area contributed by atoms with Crippen LogP contribution in [-0.2, 0) is 14.3 Å². The maximum Gasteiger partial charge on any atom is 0.265 e. The largest absolute Gasteiger partial charge is 0.485 e. The topological polar surface area (TPSA) is 97.4 Å². The Kier molecular flexibility index (Phi) is 7.99. The fourth-order valence-electron chi connectivity index (χ4n) is 4.03. The minimum absolute atomic E-state index is 0.139. The number of hydrogen-bond donors (Lipinski definition) is 1. The highest BCUT2D eigenvalue weighted by atomic mass is 16.5. The number of morpholine rings is 1. The number of anilines is 1. The summed E-state index contributed by atoms with van der Waals surface area (Å²) in [5.41, 5.74) is 2.85. The first-order valence-electron chi connectivity index (χ1n) is 11.8. The number of nitrogens with zero attached hydrogens (tertiary/aromatic N) is 2. The van der Waals surface area contributed by atoms with Crippen LogP contribution in [0.25, 0.3) is 0 Å². The summed E-state index contributed by atoms with van der Waals surface area (Å²) >= 11 is 0. The maximum absolute atomic E-state index is 12.8. The summed E-state index contributed by atoms with van der Waals surface area (Å²) in [5.74, 6) is 0.274. The van der Waals surface area contributed by atoms with Crippen LogP contribution >= 0.6 is 0 Å². The Morgan fingerprint density at radius 1 is 1.11 bits per heavy atom. The number of benzene rings is 2. The number of Topliss-reactive ketones (excluding diaryl/α,β-unsaturated/α-hetero) is 1. The van der Waals surface area contributed by atoms with Crippen LogP contribution in [0.2, 0.25) is 0 Å². The number of ketones is 1. The molecule has 9 heteroatoms. The molecule has 2 heterocycles. The minimum Gasteiger partial charge on any atom is -0.485 e. The maximum atomic E-state index is 12.8. The molecular weight excluding hydrogens is 450 g/mol. The normalized spacial score (nSPS) is 15.8. The number of carbonyl (C=O) groups excluding carboxylic acids is 3. The molecule has 1 N–H and O–H groups in total. The Hall–Kier alpha value is -3.43. The van der Waals surface area contributed by atoms with Crippen molar-refractivity contribution in [3.05, 3.63) is 53.1 Å². The molecule has 4 rings (SSSR count). The Morgan fingerprint density at radius 3 is 2.71 bits per heavy atom. The van der Waals surface area contributed by atoms with E-state index in [0.717, 1.165) is 30.8 Å². The van der Waals surface area contributed by atoms with E-state index in [4.69, 9.17) is 14.2 Å². The number of aryl methyl sites for hydroxylation is 1. The Balaban J connectivity index is 1.38. The van der Waals surface area contributed by atoms with Crippen LogP contribution in [0.1, 0.15) is 21.5 Å². The molecule has 9 nitrogen and oxygen atoms in total. The first-order chi connectivity index (χ1) is 16.9. The lowest BCUT2D eigenvalue weighted by molar-refractivity contribution is -0.125. The molecule has 0 radical (unpaired) electrons. The zero-order valence-corrected chi connectivity index (χ0v) is 20.2. The van der Waals surface area contributed by atoms with Crippen molar-refractivity contribution in [2.45, 2.75) is 13.8 Å². The Bertz CT molecular complexity index is 1100. The van der Waals surface area contributed by atoms with Crippen molar-refractivity contribution in [2.24, 2.45) is 0 Å². The predicted octanol–water partition coefficient (Wildman–Crippen LogP) is 1.74. The average molecular weight is 482 g/mol. The molecule has 0 aliphatic carbocycles. The van der Waals surface area contributed by atoms with Crippen LogP contribution in [-0.4, -0.2) is 81.6 Å². The second-order valence-electron chi connectivity index (χ2n) is 8.66. The SMILES string of the molecule is Cc1cccc(OCC(=O)c2ccc3c(c2)N(CC(=O)NCCN2CCOCC2)C(=O)CO3)c1C. The van der Waals surface area contributed by atoms with E-state index in [2.05, 4.69) is 10.2 Å². The highest BCUT2D eigenvalue weighted by molar-refractivity contribution is 6.04. The highest BCUT2D eigenvalue weighted by Gasteiger charge is 2.28. The third-order valence-corrected chi connectivity index (χ3v) is 6.29. The molecule has 0 aromatic heterocycles. The Morgan fingerprint density at radius 2 is 1.91 bits per heavy atom. The van der Waals surface area contributed by atoms with E-state index in [1.54, 1.807) is 18.2 Å². The van der Waals surface area contributed by atoms with Crippen molar-refractivity contribution in [2.75, 3.05) is 64.1 Å². The molecular formula is C26H31N3O6. The van der Waals surface area contributed by atoms with Gasteiger partial charge in [0.1, 0.15) is 18.0 Å². The van der Waals surface area contributed by atoms with Gasteiger partial charge in [0.2, 0.25) is 5.91 Å². The molecule has 186 valence electrons. The van der Waals surface area contributed by atoms with E-state index < -0.39 is 0 Å². The van der Waals surface area contributed by atoms with Gasteiger partial charge in [0, 0.05) is 31.7 Å². The van der Waals surface area contributed by atoms with Gasteiger partial charge >= 0.3 is 0 Å². The number of ether oxygens (including phenoxy) is 3. The van der Waals surface area contributed by atoms with Gasteiger partial charge in [0.15, 0.2) is 19.0 Å². The molecule has 1 fully saturated rings. The molecule has 0 unspecified atom stereocenters. The van der Waals surface area contributed by atoms with Crippen LogP contribution in [0, 0.1) is 13.8 Å². The van der Waals surface area contributed by atoms with Gasteiger partial charge < -0.3 is 19.5 Å². The van der Waals surface area contributed by atoms with Gasteiger partial charge in [-0.1, -0.05) is 12.1 Å². The fourth-order valence-corrected chi connectivity index (χ4v) is 4.03. The van der Waals surface area contributed by atoms with Crippen LogP contribution in [0.3, 0.4) is 0 Å². The molecule has 0 saturated carbocycles. The lowest BCUT2D eigenvalue weighted by atomic mass is 10.1. The van der Waals surface area contributed by atoms with Crippen molar-refractivity contribution in [3.8, 4) is 11.5 Å². The number of hydrogen-bond acceptors (Lipinski definition) is 7. The summed E-state index contributed by atoms with van der Waals surface area (Å²) in [6, 6.07) is 10.6. The zero-order valence-electron chi connectivity index (χ0n) is 20.2. The van der Waals surface area contributed by atoms with E-state index in [0.29, 0.717) is 42.5 Å². The van der Waals surface area contributed by atoms with E-state index in [1.165, 1.54) is 4.90 Å². The summed E-state index contributed by atoms with van der Waals surface area (Å²) in [7, 11) is 0. The van der Waals surface area contributed by atoms with Crippen molar-refractivity contribution < 1.29 is 28.6 Å². The number of carbonyl (C=O) groups is 3. The quantitative estimate of drug-likeness (QED) is 0.545. The summed E-state index contributed by atoms with van der Waals surface area (Å²) in [5, 5.41) is 2.87. The van der Waals surface area contributed by atoms with Gasteiger partial charge in [-0.25, -0.2) is 0 Å². The monoisotopic (exact) mass is 481 g/mol. The lowest BCUT2D eigenvalue weighted by Gasteiger charge is -2.29. The third kappa shape index (κ3) is 6.17. The van der Waals surface area contributed by atoms with Gasteiger partial charge in [-0.2, -0.15) is 0 Å². The van der Waals surface area contributed by atoms with Crippen LogP contribution in [0.15, 0.2) is 36.4 Å². The smallest absolute Gasteiger partial charge is 0.265 e. The molecule has 0 atom stereocenters. The predicted molar refractivity (Wildman–Crippen MR) is 130 cm³/mol. The van der Waals surface area contributed by atoms with E-state index in [-0.39, 0.29) is 37.4 Å². The first-order valence-corrected chi connectivity index (χ1v) is 11.8.